The average Bonchev–Trinajstić information content (AvgIpc) is 3.64. The van der Waals surface area contributed by atoms with Gasteiger partial charge in [0.25, 0.3) is 5.91 Å². The van der Waals surface area contributed by atoms with Crippen molar-refractivity contribution < 1.29 is 23.4 Å². The highest BCUT2D eigenvalue weighted by Gasteiger charge is 2.35. The average molecular weight is 486 g/mol. The van der Waals surface area contributed by atoms with Crippen molar-refractivity contribution in [3.8, 4) is 28.6 Å². The van der Waals surface area contributed by atoms with Crippen molar-refractivity contribution in [1.29, 1.82) is 0 Å². The third-order valence-electron chi connectivity index (χ3n) is 7.35. The molecule has 0 N–H and O–H groups in total. The number of ether oxygens (including phenoxy) is 3. The Bertz CT molecular complexity index is 1470. The molecule has 3 aliphatic heterocycles. The molecule has 0 aliphatic carbocycles. The van der Waals surface area contributed by atoms with E-state index in [9.17, 15) is 9.18 Å². The normalized spacial score (nSPS) is 18.9. The summed E-state index contributed by atoms with van der Waals surface area (Å²) in [5, 5.41) is 0. The highest BCUT2D eigenvalue weighted by atomic mass is 19.1. The van der Waals surface area contributed by atoms with Gasteiger partial charge in [-0.05, 0) is 54.8 Å². The molecule has 0 saturated carbocycles. The fraction of sp³-hybridized carbons (Fsp3) is 0.286. The van der Waals surface area contributed by atoms with Gasteiger partial charge in [0.2, 0.25) is 6.79 Å². The maximum Gasteiger partial charge on any atom is 0.263 e. The Hall–Kier alpha value is -4.07. The number of nitrogens with zero attached hydrogens (tertiary/aromatic N) is 3. The number of imidazole rings is 1. The number of aromatic nitrogens is 2. The van der Waals surface area contributed by atoms with Crippen LogP contribution in [0.4, 0.5) is 4.39 Å². The highest BCUT2D eigenvalue weighted by Crippen LogP contribution is 2.39. The van der Waals surface area contributed by atoms with Crippen LogP contribution in [-0.2, 0) is 11.2 Å². The molecule has 4 heterocycles. The van der Waals surface area contributed by atoms with Gasteiger partial charge in [0.1, 0.15) is 17.4 Å². The maximum absolute atomic E-state index is 14.0. The number of halogens is 1. The Morgan fingerprint density at radius 3 is 2.64 bits per heavy atom. The lowest BCUT2D eigenvalue weighted by Crippen LogP contribution is -2.45. The number of carbonyl (C=O) groups is 1. The second-order valence-electron chi connectivity index (χ2n) is 9.48. The number of piperidine rings is 1. The van der Waals surface area contributed by atoms with Crippen LogP contribution in [0.25, 0.3) is 22.4 Å². The molecule has 1 fully saturated rings. The number of likely N-dealkylation sites (tertiary alicyclic amines) is 1. The molecule has 1 unspecified atom stereocenters. The maximum atomic E-state index is 14.0. The van der Waals surface area contributed by atoms with E-state index in [2.05, 4.69) is 4.57 Å². The largest absolute Gasteiger partial charge is 0.480 e. The van der Waals surface area contributed by atoms with Gasteiger partial charge in [0, 0.05) is 37.2 Å². The number of fused-ring (bicyclic) bond motifs is 3. The molecule has 0 bridgehead atoms. The summed E-state index contributed by atoms with van der Waals surface area (Å²) in [5.41, 5.74) is 3.45. The molecule has 8 heteroatoms. The standard InChI is InChI=1S/C28H24FN3O4/c29-19-6-7-22-21(15-19)30-27(18-5-8-24-25(14-18)35-16-34-24)32(22)20-9-11-31(12-10-20)28(33)26-13-17-3-1-2-4-23(17)36-26/h1-8,14-15,20,26H,9-13,16H2. The third-order valence-corrected chi connectivity index (χ3v) is 7.35. The van der Waals surface area contributed by atoms with Gasteiger partial charge in [-0.1, -0.05) is 18.2 Å². The Labute approximate surface area is 207 Å². The number of hydrogen-bond donors (Lipinski definition) is 0. The van der Waals surface area contributed by atoms with E-state index in [4.69, 9.17) is 19.2 Å². The van der Waals surface area contributed by atoms with E-state index in [-0.39, 0.29) is 24.6 Å². The second kappa shape index (κ2) is 8.26. The summed E-state index contributed by atoms with van der Waals surface area (Å²) in [6.07, 6.45) is 1.69. The number of benzene rings is 3. The minimum atomic E-state index is -0.458. The van der Waals surface area contributed by atoms with Crippen molar-refractivity contribution in [3.63, 3.8) is 0 Å². The molecule has 7 rings (SSSR count). The third kappa shape index (κ3) is 3.47. The molecule has 36 heavy (non-hydrogen) atoms. The van der Waals surface area contributed by atoms with Crippen LogP contribution in [0.2, 0.25) is 0 Å². The first-order chi connectivity index (χ1) is 17.6. The molecule has 4 aromatic rings. The van der Waals surface area contributed by atoms with Crippen LogP contribution in [-0.4, -0.2) is 46.3 Å². The molecule has 1 saturated heterocycles. The fourth-order valence-electron chi connectivity index (χ4n) is 5.55. The molecular weight excluding hydrogens is 461 g/mol. The monoisotopic (exact) mass is 485 g/mol. The topological polar surface area (TPSA) is 65.8 Å². The van der Waals surface area contributed by atoms with Gasteiger partial charge in [-0.3, -0.25) is 4.79 Å². The smallest absolute Gasteiger partial charge is 0.263 e. The van der Waals surface area contributed by atoms with Gasteiger partial charge < -0.3 is 23.7 Å². The van der Waals surface area contributed by atoms with Crippen LogP contribution >= 0.6 is 0 Å². The minimum Gasteiger partial charge on any atom is -0.480 e. The molecule has 7 nitrogen and oxygen atoms in total. The van der Waals surface area contributed by atoms with E-state index < -0.39 is 6.10 Å². The molecule has 0 spiro atoms. The zero-order valence-electron chi connectivity index (χ0n) is 19.5. The zero-order valence-corrected chi connectivity index (χ0v) is 19.5. The van der Waals surface area contributed by atoms with Crippen molar-refractivity contribution in [1.82, 2.24) is 14.5 Å². The van der Waals surface area contributed by atoms with E-state index in [0.29, 0.717) is 36.5 Å². The van der Waals surface area contributed by atoms with Crippen molar-refractivity contribution in [2.75, 3.05) is 19.9 Å². The van der Waals surface area contributed by atoms with Gasteiger partial charge in [-0.15, -0.1) is 0 Å². The fourth-order valence-corrected chi connectivity index (χ4v) is 5.55. The minimum absolute atomic E-state index is 0.0400. The lowest BCUT2D eigenvalue weighted by molar-refractivity contribution is -0.139. The van der Waals surface area contributed by atoms with E-state index in [1.54, 1.807) is 6.07 Å². The summed E-state index contributed by atoms with van der Waals surface area (Å²) in [6.45, 7) is 1.45. The van der Waals surface area contributed by atoms with Gasteiger partial charge in [-0.25, -0.2) is 9.37 Å². The summed E-state index contributed by atoms with van der Waals surface area (Å²) in [5.74, 6) is 2.66. The van der Waals surface area contributed by atoms with Gasteiger partial charge in [0.15, 0.2) is 17.6 Å². The van der Waals surface area contributed by atoms with Crippen LogP contribution in [0.1, 0.15) is 24.4 Å². The lowest BCUT2D eigenvalue weighted by Gasteiger charge is -2.34. The first-order valence-corrected chi connectivity index (χ1v) is 12.2. The van der Waals surface area contributed by atoms with Gasteiger partial charge in [-0.2, -0.15) is 0 Å². The van der Waals surface area contributed by atoms with Crippen LogP contribution < -0.4 is 14.2 Å². The van der Waals surface area contributed by atoms with Crippen LogP contribution in [0.5, 0.6) is 17.2 Å². The molecule has 0 radical (unpaired) electrons. The number of amides is 1. The molecule has 1 aromatic heterocycles. The van der Waals surface area contributed by atoms with Gasteiger partial charge in [0.05, 0.1) is 11.0 Å². The Kier molecular flexibility index (Phi) is 4.87. The van der Waals surface area contributed by atoms with Gasteiger partial charge >= 0.3 is 0 Å². The lowest BCUT2D eigenvalue weighted by atomic mass is 10.0. The van der Waals surface area contributed by atoms with E-state index in [1.165, 1.54) is 12.1 Å². The first kappa shape index (κ1) is 21.2. The molecule has 1 amide bonds. The molecule has 3 aliphatic rings. The van der Waals surface area contributed by atoms with Crippen molar-refractivity contribution in [3.05, 3.63) is 72.0 Å². The molecule has 182 valence electrons. The summed E-state index contributed by atoms with van der Waals surface area (Å²) >= 11 is 0. The highest BCUT2D eigenvalue weighted by molar-refractivity contribution is 5.83. The first-order valence-electron chi connectivity index (χ1n) is 12.2. The number of carbonyl (C=O) groups excluding carboxylic acids is 1. The molecule has 3 aromatic carbocycles. The van der Waals surface area contributed by atoms with Crippen LogP contribution in [0, 0.1) is 5.82 Å². The predicted octanol–water partition coefficient (Wildman–Crippen LogP) is 4.74. The Balaban J connectivity index is 1.16. The number of para-hydroxylation sites is 1. The van der Waals surface area contributed by atoms with E-state index in [0.717, 1.165) is 41.1 Å². The Morgan fingerprint density at radius 2 is 1.78 bits per heavy atom. The second-order valence-corrected chi connectivity index (χ2v) is 9.48. The summed E-state index contributed by atoms with van der Waals surface area (Å²) in [6, 6.07) is 18.4. The molecular formula is C28H24FN3O4. The van der Waals surface area contributed by atoms with E-state index >= 15 is 0 Å². The van der Waals surface area contributed by atoms with Crippen molar-refractivity contribution in [2.24, 2.45) is 0 Å². The van der Waals surface area contributed by atoms with E-state index in [1.807, 2.05) is 47.4 Å². The SMILES string of the molecule is O=C(C1Cc2ccccc2O1)N1CCC(n2c(-c3ccc4c(c3)OCO4)nc3cc(F)ccc32)CC1. The summed E-state index contributed by atoms with van der Waals surface area (Å²) < 4.78 is 33.2. The van der Waals surface area contributed by atoms with Crippen LogP contribution in [0.3, 0.4) is 0 Å². The Morgan fingerprint density at radius 1 is 0.944 bits per heavy atom. The number of hydrogen-bond acceptors (Lipinski definition) is 5. The molecule has 1 atom stereocenters. The number of rotatable bonds is 3. The quantitative estimate of drug-likeness (QED) is 0.420. The van der Waals surface area contributed by atoms with Crippen molar-refractivity contribution in [2.45, 2.75) is 31.4 Å². The summed E-state index contributed by atoms with van der Waals surface area (Å²) in [4.78, 5) is 19.9. The predicted molar refractivity (Wildman–Crippen MR) is 131 cm³/mol. The summed E-state index contributed by atoms with van der Waals surface area (Å²) in [7, 11) is 0. The van der Waals surface area contributed by atoms with Crippen LogP contribution in [0.15, 0.2) is 60.7 Å². The van der Waals surface area contributed by atoms with Crippen molar-refractivity contribution >= 4 is 16.9 Å². The zero-order chi connectivity index (χ0) is 24.2.